The van der Waals surface area contributed by atoms with E-state index in [0.717, 1.165) is 43.9 Å². The predicted molar refractivity (Wildman–Crippen MR) is 131 cm³/mol. The molecule has 2 fully saturated rings. The number of nitrogens with two attached hydrogens (primary N) is 1. The van der Waals surface area contributed by atoms with Crippen LogP contribution in [0.1, 0.15) is 59.4 Å². The number of carbonyl (C=O) groups is 2. The molecule has 186 valence electrons. The highest BCUT2D eigenvalue weighted by molar-refractivity contribution is 5.95. The Labute approximate surface area is 209 Å². The molecule has 2 aromatic heterocycles. The maximum atomic E-state index is 12.4. The normalized spacial score (nSPS) is 17.6. The Morgan fingerprint density at radius 1 is 1.17 bits per heavy atom. The Kier molecular flexibility index (Phi) is 6.41. The summed E-state index contributed by atoms with van der Waals surface area (Å²) < 4.78 is 1.75. The van der Waals surface area contributed by atoms with Crippen molar-refractivity contribution in [2.75, 3.05) is 13.1 Å². The van der Waals surface area contributed by atoms with Gasteiger partial charge in [-0.25, -0.2) is 0 Å². The largest absolute Gasteiger partial charge is 0.365 e. The zero-order valence-electron chi connectivity index (χ0n) is 20.4. The highest BCUT2D eigenvalue weighted by Crippen LogP contribution is 2.35. The van der Waals surface area contributed by atoms with Crippen molar-refractivity contribution in [1.82, 2.24) is 29.7 Å². The van der Waals surface area contributed by atoms with Crippen molar-refractivity contribution >= 4 is 11.7 Å². The van der Waals surface area contributed by atoms with Gasteiger partial charge in [0.1, 0.15) is 5.78 Å². The van der Waals surface area contributed by atoms with Crippen LogP contribution in [0.3, 0.4) is 0 Å². The van der Waals surface area contributed by atoms with Crippen molar-refractivity contribution in [3.05, 3.63) is 59.2 Å². The molecule has 1 aliphatic carbocycles. The summed E-state index contributed by atoms with van der Waals surface area (Å²) in [5, 5.41) is 22.9. The van der Waals surface area contributed by atoms with Crippen molar-refractivity contribution in [3.63, 3.8) is 0 Å². The van der Waals surface area contributed by atoms with E-state index < -0.39 is 11.4 Å². The van der Waals surface area contributed by atoms with Gasteiger partial charge in [0.25, 0.3) is 5.91 Å². The number of Topliss-reactive ketones (excluding diaryl/α,β-unsaturated/α-hetero) is 1. The van der Waals surface area contributed by atoms with Crippen LogP contribution in [0.15, 0.2) is 36.7 Å². The highest BCUT2D eigenvalue weighted by Gasteiger charge is 2.39. The first kappa shape index (κ1) is 23.9. The summed E-state index contributed by atoms with van der Waals surface area (Å²) in [5.41, 5.74) is 8.78. The molecule has 2 N–H and O–H groups in total. The summed E-state index contributed by atoms with van der Waals surface area (Å²) in [6.07, 6.45) is 7.01. The summed E-state index contributed by atoms with van der Waals surface area (Å²) in [5.74, 6) is -0.397. The van der Waals surface area contributed by atoms with Gasteiger partial charge in [0.15, 0.2) is 0 Å². The quantitative estimate of drug-likeness (QED) is 0.490. The lowest BCUT2D eigenvalue weighted by Gasteiger charge is -2.40. The summed E-state index contributed by atoms with van der Waals surface area (Å²) in [6.45, 7) is 4.27. The minimum Gasteiger partial charge on any atom is -0.365 e. The average Bonchev–Trinajstić information content (AvgIpc) is 3.50. The fraction of sp³-hybridized carbons (Fsp3) is 0.462. The third-order valence-corrected chi connectivity index (χ3v) is 7.29. The monoisotopic (exact) mass is 486 g/mol. The van der Waals surface area contributed by atoms with E-state index in [1.54, 1.807) is 21.9 Å². The Morgan fingerprint density at radius 3 is 2.47 bits per heavy atom. The van der Waals surface area contributed by atoms with Crippen molar-refractivity contribution < 1.29 is 9.59 Å². The van der Waals surface area contributed by atoms with Gasteiger partial charge in [0, 0.05) is 31.7 Å². The Morgan fingerprint density at radius 2 is 1.89 bits per heavy atom. The number of nitriles is 1. The first-order valence-electron chi connectivity index (χ1n) is 12.4. The van der Waals surface area contributed by atoms with Crippen LogP contribution in [0.25, 0.3) is 5.69 Å². The molecule has 3 aromatic rings. The highest BCUT2D eigenvalue weighted by atomic mass is 16.1. The van der Waals surface area contributed by atoms with Crippen LogP contribution in [0.5, 0.6) is 0 Å². The Bertz CT molecular complexity index is 1300. The number of aryl methyl sites for hydroxylation is 1. The molecule has 36 heavy (non-hydrogen) atoms. The van der Waals surface area contributed by atoms with Crippen molar-refractivity contribution in [2.45, 2.75) is 57.5 Å². The van der Waals surface area contributed by atoms with Crippen LogP contribution in [-0.4, -0.2) is 54.5 Å². The molecule has 10 nitrogen and oxygen atoms in total. The van der Waals surface area contributed by atoms with Gasteiger partial charge < -0.3 is 5.73 Å². The molecule has 1 saturated carbocycles. The third-order valence-electron chi connectivity index (χ3n) is 7.29. The summed E-state index contributed by atoms with van der Waals surface area (Å²) in [7, 11) is 0. The molecule has 5 rings (SSSR count). The Hall–Kier alpha value is -3.84. The number of ketones is 1. The second kappa shape index (κ2) is 9.66. The maximum absolute atomic E-state index is 12.4. The van der Waals surface area contributed by atoms with Gasteiger partial charge in [-0.3, -0.25) is 19.2 Å². The number of hydrogen-bond donors (Lipinski definition) is 1. The number of nitrogens with zero attached hydrogens (tertiary/aromatic N) is 7. The number of benzene rings is 1. The van der Waals surface area contributed by atoms with Crippen LogP contribution >= 0.6 is 0 Å². The van der Waals surface area contributed by atoms with E-state index in [2.05, 4.69) is 38.4 Å². The lowest BCUT2D eigenvalue weighted by atomic mass is 9.84. The van der Waals surface area contributed by atoms with Crippen LogP contribution in [0, 0.1) is 24.2 Å². The summed E-state index contributed by atoms with van der Waals surface area (Å²) in [6, 6.07) is 10.5. The fourth-order valence-corrected chi connectivity index (χ4v) is 4.92. The molecule has 1 aliphatic heterocycles. The zero-order valence-corrected chi connectivity index (χ0v) is 20.4. The SMILES string of the molecule is Cc1cnn(-c2ccc(CN3CCC(CC#N)(n4cc(C(N)=O)c(CC(=O)C5CC5)n4)CC3)cc2)n1. The number of carbonyl (C=O) groups excluding carboxylic acids is 2. The van der Waals surface area contributed by atoms with Gasteiger partial charge in [0.2, 0.25) is 0 Å². The van der Waals surface area contributed by atoms with E-state index in [0.29, 0.717) is 18.5 Å². The van der Waals surface area contributed by atoms with Gasteiger partial charge in [-0.15, -0.1) is 0 Å². The fourth-order valence-electron chi connectivity index (χ4n) is 4.92. The molecule has 2 aliphatic rings. The average molecular weight is 487 g/mol. The van der Waals surface area contributed by atoms with Crippen molar-refractivity contribution in [1.29, 1.82) is 5.26 Å². The smallest absolute Gasteiger partial charge is 0.252 e. The molecule has 3 heterocycles. The number of piperidine rings is 1. The van der Waals surface area contributed by atoms with E-state index >= 15 is 0 Å². The lowest BCUT2D eigenvalue weighted by molar-refractivity contribution is -0.119. The second-order valence-corrected chi connectivity index (χ2v) is 9.99. The third kappa shape index (κ3) is 4.93. The first-order valence-corrected chi connectivity index (χ1v) is 12.4. The van der Waals surface area contributed by atoms with E-state index in [-0.39, 0.29) is 30.1 Å². The number of rotatable bonds is 9. The molecule has 1 saturated heterocycles. The zero-order chi connectivity index (χ0) is 25.3. The summed E-state index contributed by atoms with van der Waals surface area (Å²) in [4.78, 5) is 28.5. The molecular formula is C26H30N8O2. The first-order chi connectivity index (χ1) is 17.4. The number of aromatic nitrogens is 5. The lowest BCUT2D eigenvalue weighted by Crippen LogP contribution is -2.46. The molecule has 0 bridgehead atoms. The van der Waals surface area contributed by atoms with E-state index in [9.17, 15) is 14.9 Å². The van der Waals surface area contributed by atoms with Gasteiger partial charge in [0.05, 0.1) is 53.3 Å². The van der Waals surface area contributed by atoms with Gasteiger partial charge >= 0.3 is 0 Å². The standard InChI is InChI=1S/C26H30N8O2/c1-18-15-29-34(30-18)21-6-2-19(3-7-21)16-32-12-9-26(8-11-27,10-13-32)33-17-22(25(28)36)23(31-33)14-24(35)20-4-5-20/h2-3,6-7,15,17,20H,4-5,8-10,12-14,16H2,1H3,(H2,28,36). The molecule has 1 aromatic carbocycles. The molecule has 10 heteroatoms. The molecule has 0 spiro atoms. The van der Waals surface area contributed by atoms with E-state index in [4.69, 9.17) is 5.73 Å². The van der Waals surface area contributed by atoms with Crippen LogP contribution in [0.4, 0.5) is 0 Å². The molecule has 0 unspecified atom stereocenters. The van der Waals surface area contributed by atoms with Gasteiger partial charge in [-0.2, -0.15) is 25.4 Å². The topological polar surface area (TPSA) is 136 Å². The minimum atomic E-state index is -0.590. The van der Waals surface area contributed by atoms with E-state index in [1.807, 2.05) is 19.1 Å². The van der Waals surface area contributed by atoms with Crippen molar-refractivity contribution in [2.24, 2.45) is 11.7 Å². The van der Waals surface area contributed by atoms with Crippen LogP contribution in [-0.2, 0) is 23.3 Å². The molecule has 1 amide bonds. The van der Waals surface area contributed by atoms with Gasteiger partial charge in [-0.05, 0) is 50.3 Å². The van der Waals surface area contributed by atoms with E-state index in [1.165, 1.54) is 5.56 Å². The number of likely N-dealkylation sites (tertiary alicyclic amines) is 1. The van der Waals surface area contributed by atoms with Crippen LogP contribution < -0.4 is 5.73 Å². The Balaban J connectivity index is 1.28. The van der Waals surface area contributed by atoms with Crippen molar-refractivity contribution in [3.8, 4) is 11.8 Å². The molecule has 0 radical (unpaired) electrons. The second-order valence-electron chi connectivity index (χ2n) is 9.99. The molecular weight excluding hydrogens is 456 g/mol. The van der Waals surface area contributed by atoms with Crippen LogP contribution in [0.2, 0.25) is 0 Å². The molecule has 0 atom stereocenters. The predicted octanol–water partition coefficient (Wildman–Crippen LogP) is 2.30. The number of amides is 1. The van der Waals surface area contributed by atoms with Gasteiger partial charge in [-0.1, -0.05) is 12.1 Å². The summed E-state index contributed by atoms with van der Waals surface area (Å²) >= 11 is 0. The maximum Gasteiger partial charge on any atom is 0.252 e. The number of primary amides is 1. The minimum absolute atomic E-state index is 0.0844. The number of hydrogen-bond acceptors (Lipinski definition) is 7.